The van der Waals surface area contributed by atoms with Gasteiger partial charge in [0.25, 0.3) is 5.89 Å². The largest absolute Gasteiger partial charge is 0.334 e. The quantitative estimate of drug-likeness (QED) is 0.705. The molecule has 0 aliphatic heterocycles. The van der Waals surface area contributed by atoms with E-state index in [9.17, 15) is 0 Å². The first-order chi connectivity index (χ1) is 8.86. The maximum Gasteiger partial charge on any atom is 0.257 e. The molecule has 1 aromatic carbocycles. The van der Waals surface area contributed by atoms with Gasteiger partial charge < -0.3 is 9.09 Å². The highest BCUT2D eigenvalue weighted by Gasteiger charge is 2.07. The van der Waals surface area contributed by atoms with E-state index in [1.54, 1.807) is 12.5 Å². The van der Waals surface area contributed by atoms with Crippen LogP contribution in [0.2, 0.25) is 0 Å². The van der Waals surface area contributed by atoms with Gasteiger partial charge in [-0.15, -0.1) is 0 Å². The molecule has 0 N–H and O–H groups in total. The number of benzene rings is 1. The molecular formula is C13H12N4O. The summed E-state index contributed by atoms with van der Waals surface area (Å²) in [5.74, 6) is 1.28. The second-order valence-electron chi connectivity index (χ2n) is 3.89. The standard InChI is InChI=1S/C13H12N4O/c1-2-12-15-13(18-16-12)10-3-5-11(6-4-10)17-8-7-14-9-17/h3-9H,2H2,1H3. The molecule has 0 radical (unpaired) electrons. The van der Waals surface area contributed by atoms with Gasteiger partial charge in [0.05, 0.1) is 6.33 Å². The summed E-state index contributed by atoms with van der Waals surface area (Å²) in [6, 6.07) is 7.91. The third-order valence-corrected chi connectivity index (χ3v) is 2.70. The Morgan fingerprint density at radius 2 is 2.06 bits per heavy atom. The van der Waals surface area contributed by atoms with Crippen LogP contribution in [-0.2, 0) is 6.42 Å². The number of aromatic nitrogens is 4. The summed E-state index contributed by atoms with van der Waals surface area (Å²) in [6.45, 7) is 2.00. The molecule has 5 nitrogen and oxygen atoms in total. The van der Waals surface area contributed by atoms with Gasteiger partial charge in [-0.2, -0.15) is 4.98 Å². The molecule has 90 valence electrons. The van der Waals surface area contributed by atoms with Gasteiger partial charge in [-0.1, -0.05) is 12.1 Å². The van der Waals surface area contributed by atoms with Gasteiger partial charge in [0.2, 0.25) is 0 Å². The van der Waals surface area contributed by atoms with Crippen LogP contribution in [0.5, 0.6) is 0 Å². The Kier molecular flexibility index (Phi) is 2.64. The van der Waals surface area contributed by atoms with Crippen molar-refractivity contribution in [3.05, 3.63) is 48.8 Å². The fourth-order valence-electron chi connectivity index (χ4n) is 1.70. The summed E-state index contributed by atoms with van der Waals surface area (Å²) >= 11 is 0. The lowest BCUT2D eigenvalue weighted by Gasteiger charge is -2.01. The molecule has 2 heterocycles. The minimum absolute atomic E-state index is 0.559. The predicted octanol–water partition coefficient (Wildman–Crippen LogP) is 2.48. The molecule has 5 heteroatoms. The van der Waals surface area contributed by atoms with Crippen molar-refractivity contribution in [3.8, 4) is 17.1 Å². The van der Waals surface area contributed by atoms with Crippen molar-refractivity contribution in [2.75, 3.05) is 0 Å². The Bertz CT molecular complexity index is 625. The predicted molar refractivity (Wildman–Crippen MR) is 66.2 cm³/mol. The van der Waals surface area contributed by atoms with E-state index < -0.39 is 0 Å². The number of aryl methyl sites for hydroxylation is 1. The monoisotopic (exact) mass is 240 g/mol. The van der Waals surface area contributed by atoms with E-state index in [0.29, 0.717) is 5.89 Å². The zero-order valence-electron chi connectivity index (χ0n) is 9.95. The summed E-state index contributed by atoms with van der Waals surface area (Å²) < 4.78 is 7.13. The van der Waals surface area contributed by atoms with E-state index in [4.69, 9.17) is 4.52 Å². The Morgan fingerprint density at radius 3 is 2.67 bits per heavy atom. The van der Waals surface area contributed by atoms with Gasteiger partial charge in [-0.3, -0.25) is 0 Å². The molecule has 0 aliphatic carbocycles. The van der Waals surface area contributed by atoms with E-state index in [0.717, 1.165) is 23.5 Å². The van der Waals surface area contributed by atoms with Crippen LogP contribution in [0.3, 0.4) is 0 Å². The third kappa shape index (κ3) is 1.90. The van der Waals surface area contributed by atoms with Crippen molar-refractivity contribution in [1.29, 1.82) is 0 Å². The van der Waals surface area contributed by atoms with Gasteiger partial charge in [-0.05, 0) is 24.3 Å². The average molecular weight is 240 g/mol. The van der Waals surface area contributed by atoms with Gasteiger partial charge in [-0.25, -0.2) is 4.98 Å². The smallest absolute Gasteiger partial charge is 0.257 e. The van der Waals surface area contributed by atoms with Crippen molar-refractivity contribution >= 4 is 0 Å². The van der Waals surface area contributed by atoms with Crippen LogP contribution in [0.25, 0.3) is 17.1 Å². The molecule has 0 aliphatic rings. The Balaban J connectivity index is 1.91. The number of imidazole rings is 1. The molecule has 0 saturated heterocycles. The first-order valence-electron chi connectivity index (χ1n) is 5.78. The summed E-state index contributed by atoms with van der Waals surface area (Å²) in [4.78, 5) is 8.31. The summed E-state index contributed by atoms with van der Waals surface area (Å²) in [5.41, 5.74) is 1.97. The van der Waals surface area contributed by atoms with Gasteiger partial charge >= 0.3 is 0 Å². The summed E-state index contributed by atoms with van der Waals surface area (Å²) in [5, 5.41) is 3.88. The van der Waals surface area contributed by atoms with Crippen LogP contribution in [0.1, 0.15) is 12.7 Å². The highest BCUT2D eigenvalue weighted by molar-refractivity contribution is 5.55. The second-order valence-corrected chi connectivity index (χ2v) is 3.89. The number of rotatable bonds is 3. The van der Waals surface area contributed by atoms with Crippen molar-refractivity contribution < 1.29 is 4.52 Å². The van der Waals surface area contributed by atoms with Crippen molar-refractivity contribution in [3.63, 3.8) is 0 Å². The van der Waals surface area contributed by atoms with E-state index in [1.165, 1.54) is 0 Å². The molecule has 3 aromatic rings. The number of nitrogens with zero attached hydrogens (tertiary/aromatic N) is 4. The molecule has 0 saturated carbocycles. The first-order valence-corrected chi connectivity index (χ1v) is 5.78. The van der Waals surface area contributed by atoms with Gasteiger partial charge in [0.15, 0.2) is 5.82 Å². The fraction of sp³-hybridized carbons (Fsp3) is 0.154. The maximum atomic E-state index is 5.19. The zero-order valence-corrected chi connectivity index (χ0v) is 9.95. The van der Waals surface area contributed by atoms with Crippen LogP contribution in [-0.4, -0.2) is 19.7 Å². The maximum absolute atomic E-state index is 5.19. The van der Waals surface area contributed by atoms with Crippen molar-refractivity contribution in [1.82, 2.24) is 19.7 Å². The van der Waals surface area contributed by atoms with Crippen LogP contribution in [0, 0.1) is 0 Å². The molecule has 0 bridgehead atoms. The fourth-order valence-corrected chi connectivity index (χ4v) is 1.70. The highest BCUT2D eigenvalue weighted by Crippen LogP contribution is 2.19. The molecule has 18 heavy (non-hydrogen) atoms. The van der Waals surface area contributed by atoms with Crippen molar-refractivity contribution in [2.24, 2.45) is 0 Å². The van der Waals surface area contributed by atoms with E-state index in [-0.39, 0.29) is 0 Å². The van der Waals surface area contributed by atoms with Crippen LogP contribution >= 0.6 is 0 Å². The number of hydrogen-bond donors (Lipinski definition) is 0. The lowest BCUT2D eigenvalue weighted by Crippen LogP contribution is -1.89. The lowest BCUT2D eigenvalue weighted by molar-refractivity contribution is 0.423. The third-order valence-electron chi connectivity index (χ3n) is 2.70. The minimum Gasteiger partial charge on any atom is -0.334 e. The molecule has 3 rings (SSSR count). The molecule has 0 unspecified atom stereocenters. The molecule has 0 spiro atoms. The zero-order chi connectivity index (χ0) is 12.4. The van der Waals surface area contributed by atoms with Crippen LogP contribution < -0.4 is 0 Å². The van der Waals surface area contributed by atoms with Gasteiger partial charge in [0.1, 0.15) is 0 Å². The molecule has 0 atom stereocenters. The van der Waals surface area contributed by atoms with E-state index in [1.807, 2.05) is 42.0 Å². The highest BCUT2D eigenvalue weighted by atomic mass is 16.5. The normalized spacial score (nSPS) is 10.7. The Hall–Kier alpha value is -2.43. The summed E-state index contributed by atoms with van der Waals surface area (Å²) in [7, 11) is 0. The van der Waals surface area contributed by atoms with Crippen LogP contribution in [0.4, 0.5) is 0 Å². The Labute approximate surface area is 104 Å². The molecular weight excluding hydrogens is 228 g/mol. The van der Waals surface area contributed by atoms with Crippen molar-refractivity contribution in [2.45, 2.75) is 13.3 Å². The van der Waals surface area contributed by atoms with E-state index >= 15 is 0 Å². The second kappa shape index (κ2) is 4.44. The molecule has 0 fully saturated rings. The molecule has 0 amide bonds. The SMILES string of the molecule is CCc1noc(-c2ccc(-n3ccnc3)cc2)n1. The average Bonchev–Trinajstić information content (AvgIpc) is 3.10. The Morgan fingerprint density at radius 1 is 1.22 bits per heavy atom. The first kappa shape index (κ1) is 10.7. The van der Waals surface area contributed by atoms with Crippen LogP contribution in [0.15, 0.2) is 47.5 Å². The van der Waals surface area contributed by atoms with E-state index in [2.05, 4.69) is 15.1 Å². The minimum atomic E-state index is 0.559. The van der Waals surface area contributed by atoms with Gasteiger partial charge in [0, 0.05) is 30.1 Å². The molecule has 2 aromatic heterocycles. The number of hydrogen-bond acceptors (Lipinski definition) is 4. The summed E-state index contributed by atoms with van der Waals surface area (Å²) in [6.07, 6.45) is 6.18. The topological polar surface area (TPSA) is 56.7 Å². The lowest BCUT2D eigenvalue weighted by atomic mass is 10.2.